The van der Waals surface area contributed by atoms with Gasteiger partial charge in [-0.25, -0.2) is 0 Å². The van der Waals surface area contributed by atoms with Crippen molar-refractivity contribution in [3.05, 3.63) is 29.1 Å². The number of H-pyrrole nitrogens is 1. The minimum absolute atomic E-state index is 0.609. The van der Waals surface area contributed by atoms with Crippen LogP contribution in [0.2, 0.25) is 0 Å². The van der Waals surface area contributed by atoms with E-state index in [1.165, 1.54) is 11.9 Å². The summed E-state index contributed by atoms with van der Waals surface area (Å²) in [4.78, 5) is 3.41. The molecule has 91 valence electrons. The summed E-state index contributed by atoms with van der Waals surface area (Å²) in [5, 5.41) is 7.47. The van der Waals surface area contributed by atoms with Crippen molar-refractivity contribution in [2.75, 3.05) is 0 Å². The molecule has 0 spiro atoms. The maximum absolute atomic E-state index is 7.47. The number of aromatic amines is 1. The van der Waals surface area contributed by atoms with Crippen molar-refractivity contribution in [2.24, 2.45) is 5.92 Å². The third-order valence-corrected chi connectivity index (χ3v) is 3.22. The van der Waals surface area contributed by atoms with Crippen molar-refractivity contribution in [3.8, 4) is 0 Å². The Balaban J connectivity index is 3.09. The average Bonchev–Trinajstić information content (AvgIpc) is 2.41. The fourth-order valence-electron chi connectivity index (χ4n) is 1.72. The van der Waals surface area contributed by atoms with Crippen molar-refractivity contribution in [2.45, 2.75) is 33.6 Å². The van der Waals surface area contributed by atoms with Gasteiger partial charge in [-0.2, -0.15) is 0 Å². The van der Waals surface area contributed by atoms with Gasteiger partial charge in [-0.1, -0.05) is 0 Å². The van der Waals surface area contributed by atoms with Gasteiger partial charge in [-0.15, -0.1) is 0 Å². The molecule has 0 unspecified atom stereocenters. The minimum atomic E-state index is 0.609. The molecule has 0 bridgehead atoms. The third-order valence-electron chi connectivity index (χ3n) is 2.33. The molecule has 0 radical (unpaired) electrons. The van der Waals surface area contributed by atoms with Crippen LogP contribution in [-0.2, 0) is 32.0 Å². The van der Waals surface area contributed by atoms with Gasteiger partial charge in [0.2, 0.25) is 0 Å². The molecule has 1 aromatic rings. The molecular formula is C13H19N2Pd. The molecule has 1 heterocycles. The first-order valence-corrected chi connectivity index (χ1v) is 6.24. The van der Waals surface area contributed by atoms with Crippen molar-refractivity contribution < 1.29 is 19.2 Å². The standard InChI is InChI=1S/C13H19N2.Pd/c1-9(2)5-12-7-11(8-14)13(15-12)6-10(3)4;/h8-9,14-15H,3,5-6H2,1-2,4H3;. The molecular weight excluding hydrogens is 291 g/mol. The van der Waals surface area contributed by atoms with Crippen LogP contribution in [0.3, 0.4) is 0 Å². The summed E-state index contributed by atoms with van der Waals surface area (Å²) in [6.45, 7) is 10.3. The maximum atomic E-state index is 7.47. The number of hydrogen-bond donors (Lipinski definition) is 2. The van der Waals surface area contributed by atoms with Gasteiger partial charge in [0, 0.05) is 0 Å². The molecule has 0 saturated carbocycles. The third kappa shape index (κ3) is 3.17. The Hall–Kier alpha value is -0.648. The van der Waals surface area contributed by atoms with E-state index in [9.17, 15) is 0 Å². The first-order valence-electron chi connectivity index (χ1n) is 5.46. The number of hydrogen-bond acceptors (Lipinski definition) is 1. The van der Waals surface area contributed by atoms with E-state index in [1.54, 1.807) is 0 Å². The number of aromatic nitrogens is 1. The van der Waals surface area contributed by atoms with Crippen LogP contribution in [0.25, 0.3) is 0 Å². The van der Waals surface area contributed by atoms with E-state index < -0.39 is 0 Å². The average molecular weight is 310 g/mol. The first kappa shape index (κ1) is 13.4. The van der Waals surface area contributed by atoms with Crippen molar-refractivity contribution in [3.63, 3.8) is 0 Å². The fourth-order valence-corrected chi connectivity index (χ4v) is 2.32. The molecule has 0 fully saturated rings. The number of rotatable bonds is 5. The van der Waals surface area contributed by atoms with E-state index >= 15 is 0 Å². The quantitative estimate of drug-likeness (QED) is 0.477. The molecule has 0 saturated heterocycles. The molecule has 16 heavy (non-hydrogen) atoms. The second kappa shape index (κ2) is 5.61. The SMILES string of the molecule is C=C(C)Cc1[nH]c(CC(C)C)[c]([Pd])c1C=N. The summed E-state index contributed by atoms with van der Waals surface area (Å²) in [5.74, 6) is 0.609. The zero-order valence-corrected chi connectivity index (χ0v) is 11.6. The molecule has 2 N–H and O–H groups in total. The molecule has 0 atom stereocenters. The molecule has 0 aliphatic carbocycles. The van der Waals surface area contributed by atoms with Crippen molar-refractivity contribution in [1.29, 1.82) is 5.41 Å². The zero-order chi connectivity index (χ0) is 12.3. The van der Waals surface area contributed by atoms with Crippen LogP contribution in [0.15, 0.2) is 12.2 Å². The Morgan fingerprint density at radius 3 is 2.56 bits per heavy atom. The Morgan fingerprint density at radius 1 is 1.50 bits per heavy atom. The number of nitrogens with one attached hydrogen (secondary N) is 2. The summed E-state index contributed by atoms with van der Waals surface area (Å²) < 4.78 is 1.07. The molecule has 3 heteroatoms. The molecule has 0 aromatic carbocycles. The van der Waals surface area contributed by atoms with Crippen LogP contribution in [0.4, 0.5) is 0 Å². The Labute approximate surface area is 108 Å². The molecule has 0 aliphatic rings. The topological polar surface area (TPSA) is 39.6 Å². The Morgan fingerprint density at radius 2 is 2.12 bits per heavy atom. The van der Waals surface area contributed by atoms with E-state index in [-0.39, 0.29) is 0 Å². The van der Waals surface area contributed by atoms with Crippen molar-refractivity contribution in [1.82, 2.24) is 4.98 Å². The fraction of sp³-hybridized carbons (Fsp3) is 0.462. The summed E-state index contributed by atoms with van der Waals surface area (Å²) in [6.07, 6.45) is 3.23. The molecule has 1 aromatic heterocycles. The second-order valence-corrected chi connectivity index (χ2v) is 5.43. The monoisotopic (exact) mass is 309 g/mol. The Kier molecular flexibility index (Phi) is 4.71. The van der Waals surface area contributed by atoms with Gasteiger partial charge in [0.05, 0.1) is 0 Å². The predicted molar refractivity (Wildman–Crippen MR) is 65.4 cm³/mol. The van der Waals surface area contributed by atoms with E-state index in [0.29, 0.717) is 5.92 Å². The van der Waals surface area contributed by atoms with Gasteiger partial charge in [0.15, 0.2) is 0 Å². The van der Waals surface area contributed by atoms with Gasteiger partial charge >= 0.3 is 108 Å². The van der Waals surface area contributed by atoms with Gasteiger partial charge < -0.3 is 0 Å². The van der Waals surface area contributed by atoms with Crippen LogP contribution in [0, 0.1) is 11.3 Å². The van der Waals surface area contributed by atoms with E-state index in [1.807, 2.05) is 6.92 Å². The van der Waals surface area contributed by atoms with E-state index in [0.717, 1.165) is 33.7 Å². The van der Waals surface area contributed by atoms with Gasteiger partial charge in [0.1, 0.15) is 0 Å². The summed E-state index contributed by atoms with van der Waals surface area (Å²) in [6, 6.07) is 0. The Bertz CT molecular complexity index is 402. The molecule has 2 nitrogen and oxygen atoms in total. The second-order valence-electron chi connectivity index (χ2n) is 4.66. The van der Waals surface area contributed by atoms with Gasteiger partial charge in [-0.05, 0) is 0 Å². The summed E-state index contributed by atoms with van der Waals surface area (Å²) >= 11 is 3.27. The van der Waals surface area contributed by atoms with Gasteiger partial charge in [0.25, 0.3) is 0 Å². The van der Waals surface area contributed by atoms with Gasteiger partial charge in [-0.3, -0.25) is 0 Å². The van der Waals surface area contributed by atoms with Crippen LogP contribution in [-0.4, -0.2) is 11.2 Å². The zero-order valence-electron chi connectivity index (χ0n) is 10.1. The normalized spacial score (nSPS) is 10.9. The molecule has 1 rings (SSSR count). The summed E-state index contributed by atoms with van der Waals surface area (Å²) in [7, 11) is 0. The molecule has 0 aliphatic heterocycles. The van der Waals surface area contributed by atoms with Crippen LogP contribution >= 0.6 is 0 Å². The first-order chi connectivity index (χ1) is 7.45. The number of allylic oxidation sites excluding steroid dienone is 1. The molecule has 0 amide bonds. The van der Waals surface area contributed by atoms with Crippen LogP contribution in [0.5, 0.6) is 0 Å². The van der Waals surface area contributed by atoms with E-state index in [2.05, 4.69) is 44.6 Å². The van der Waals surface area contributed by atoms with Crippen LogP contribution in [0.1, 0.15) is 37.7 Å². The predicted octanol–water partition coefficient (Wildman–Crippen LogP) is 2.50. The van der Waals surface area contributed by atoms with E-state index in [4.69, 9.17) is 5.41 Å². The summed E-state index contributed by atoms with van der Waals surface area (Å²) in [5.41, 5.74) is 4.38. The van der Waals surface area contributed by atoms with Crippen LogP contribution < -0.4 is 4.04 Å². The van der Waals surface area contributed by atoms with Crippen molar-refractivity contribution >= 4 is 10.3 Å².